The van der Waals surface area contributed by atoms with Crippen LogP contribution in [-0.2, 0) is 32.7 Å². The summed E-state index contributed by atoms with van der Waals surface area (Å²) in [7, 11) is -4.41. The molecule has 9 nitrogen and oxygen atoms in total. The van der Waals surface area contributed by atoms with Crippen LogP contribution in [-0.4, -0.2) is 49.3 Å². The Labute approximate surface area is 334 Å². The summed E-state index contributed by atoms with van der Waals surface area (Å²) in [6.45, 7) is 3.53. The zero-order chi connectivity index (χ0) is 40.3. The molecule has 3 N–H and O–H groups in total. The monoisotopic (exact) mass is 790 g/mol. The van der Waals surface area contributed by atoms with Gasteiger partial charge in [-0.2, -0.15) is 0 Å². The van der Waals surface area contributed by atoms with Gasteiger partial charge >= 0.3 is 19.8 Å². The molecule has 0 fully saturated rings. The van der Waals surface area contributed by atoms with Crippen molar-refractivity contribution in [3.8, 4) is 0 Å². The lowest BCUT2D eigenvalue weighted by molar-refractivity contribution is -0.161. The Bertz CT molecular complexity index is 1170. The highest BCUT2D eigenvalue weighted by atomic mass is 31.2. The van der Waals surface area contributed by atoms with E-state index in [-0.39, 0.29) is 32.6 Å². The maximum Gasteiger partial charge on any atom is 0.472 e. The molecule has 0 aliphatic rings. The lowest BCUT2D eigenvalue weighted by atomic mass is 10.1. The average molecular weight is 790 g/mol. The Morgan fingerprint density at radius 1 is 0.545 bits per heavy atom. The van der Waals surface area contributed by atoms with Crippen LogP contribution in [0, 0.1) is 0 Å². The van der Waals surface area contributed by atoms with Gasteiger partial charge in [-0.3, -0.25) is 18.6 Å². The van der Waals surface area contributed by atoms with Gasteiger partial charge in [-0.15, -0.1) is 0 Å². The van der Waals surface area contributed by atoms with Crippen LogP contribution in [0.4, 0.5) is 0 Å². The molecule has 0 bridgehead atoms. The van der Waals surface area contributed by atoms with Crippen molar-refractivity contribution >= 4 is 19.8 Å². The van der Waals surface area contributed by atoms with E-state index in [1.165, 1.54) is 70.6 Å². The molecule has 0 aromatic carbocycles. The third kappa shape index (κ3) is 40.7. The van der Waals surface area contributed by atoms with E-state index in [9.17, 15) is 19.0 Å². The van der Waals surface area contributed by atoms with Crippen LogP contribution in [0.1, 0.15) is 155 Å². The van der Waals surface area contributed by atoms with Crippen LogP contribution in [0.15, 0.2) is 85.1 Å². The number of carbonyl (C=O) groups is 2. The van der Waals surface area contributed by atoms with E-state index in [0.717, 1.165) is 44.9 Å². The Kier molecular flexibility index (Phi) is 38.8. The van der Waals surface area contributed by atoms with E-state index in [4.69, 9.17) is 24.3 Å². The van der Waals surface area contributed by atoms with E-state index < -0.39 is 32.5 Å². The molecule has 2 unspecified atom stereocenters. The number of hydrogen-bond donors (Lipinski definition) is 2. The molecule has 0 aliphatic carbocycles. The fraction of sp³-hybridized carbons (Fsp3) is 0.644. The largest absolute Gasteiger partial charge is 0.472 e. The molecule has 0 heterocycles. The second kappa shape index (κ2) is 40.8. The molecule has 2 atom stereocenters. The lowest BCUT2D eigenvalue weighted by Gasteiger charge is -2.19. The summed E-state index contributed by atoms with van der Waals surface area (Å²) in [4.78, 5) is 34.7. The first-order valence-electron chi connectivity index (χ1n) is 21.1. The molecule has 55 heavy (non-hydrogen) atoms. The maximum absolute atomic E-state index is 12.5. The zero-order valence-electron chi connectivity index (χ0n) is 34.4. The summed E-state index contributed by atoms with van der Waals surface area (Å²) in [6.07, 6.45) is 50.7. The third-order valence-corrected chi connectivity index (χ3v) is 9.26. The van der Waals surface area contributed by atoms with Crippen molar-refractivity contribution in [2.75, 3.05) is 26.4 Å². The highest BCUT2D eigenvalue weighted by Crippen LogP contribution is 2.43. The van der Waals surface area contributed by atoms with Crippen LogP contribution < -0.4 is 5.73 Å². The van der Waals surface area contributed by atoms with Gasteiger partial charge < -0.3 is 20.1 Å². The van der Waals surface area contributed by atoms with Crippen LogP contribution in [0.5, 0.6) is 0 Å². The summed E-state index contributed by atoms with van der Waals surface area (Å²) in [6, 6.07) is 0. The van der Waals surface area contributed by atoms with Crippen LogP contribution >= 0.6 is 7.82 Å². The number of phosphoric acid groups is 1. The Hall–Kier alpha value is -2.81. The normalized spacial score (nSPS) is 14.2. The molecule has 0 aromatic heterocycles. The number of allylic oxidation sites excluding steroid dienone is 14. The predicted molar refractivity (Wildman–Crippen MR) is 229 cm³/mol. The number of carbonyl (C=O) groups excluding carboxylic acids is 2. The van der Waals surface area contributed by atoms with Crippen LogP contribution in [0.25, 0.3) is 0 Å². The molecular formula is C45H76NO8P. The minimum Gasteiger partial charge on any atom is -0.462 e. The topological polar surface area (TPSA) is 134 Å². The SMILES string of the molecule is CCCCCCC=CCC=CCC=CCC=CCCC(=O)OC(COC(=O)CCC=CCC=CCC=CCCCCCCCCC)COP(=O)(O)OCCN. The summed E-state index contributed by atoms with van der Waals surface area (Å²) in [5.74, 6) is -1.02. The molecule has 0 rings (SSSR count). The summed E-state index contributed by atoms with van der Waals surface area (Å²) in [5, 5.41) is 0. The second-order valence-corrected chi connectivity index (χ2v) is 14.9. The van der Waals surface area contributed by atoms with Gasteiger partial charge in [0.2, 0.25) is 0 Å². The van der Waals surface area contributed by atoms with Gasteiger partial charge in [0.15, 0.2) is 6.10 Å². The van der Waals surface area contributed by atoms with Crippen molar-refractivity contribution in [1.82, 2.24) is 0 Å². The number of phosphoric ester groups is 1. The standard InChI is InChI=1S/C45H76NO8P/c1-3-5-7-9-11-13-15-17-19-21-23-25-27-29-31-33-35-37-44(47)51-41-43(42-53-55(49,50)52-40-39-46)54-45(48)38-36-34-32-30-28-26-24-22-20-18-16-14-12-10-8-6-4-2/h14,16,19-22,25-28,31-34,43H,3-13,15,17-18,23-24,29-30,35-42,46H2,1-2H3,(H,49,50). The maximum atomic E-state index is 12.5. The van der Waals surface area contributed by atoms with E-state index >= 15 is 0 Å². The summed E-state index contributed by atoms with van der Waals surface area (Å²) in [5.41, 5.74) is 5.33. The van der Waals surface area contributed by atoms with Gasteiger partial charge in [0, 0.05) is 19.4 Å². The average Bonchev–Trinajstić information content (AvgIpc) is 3.17. The molecule has 0 aliphatic heterocycles. The predicted octanol–water partition coefficient (Wildman–Crippen LogP) is 12.0. The van der Waals surface area contributed by atoms with E-state index in [2.05, 4.69) is 74.6 Å². The van der Waals surface area contributed by atoms with Crippen molar-refractivity contribution in [1.29, 1.82) is 0 Å². The quantitative estimate of drug-likeness (QED) is 0.0271. The first kappa shape index (κ1) is 52.2. The first-order valence-corrected chi connectivity index (χ1v) is 22.6. The highest BCUT2D eigenvalue weighted by Gasteiger charge is 2.25. The van der Waals surface area contributed by atoms with Crippen molar-refractivity contribution in [2.24, 2.45) is 5.73 Å². The molecule has 10 heteroatoms. The minimum absolute atomic E-state index is 0.0307. The van der Waals surface area contributed by atoms with Gasteiger partial charge in [-0.05, 0) is 70.6 Å². The van der Waals surface area contributed by atoms with Gasteiger partial charge in [0.05, 0.1) is 13.2 Å². The number of hydrogen-bond acceptors (Lipinski definition) is 8. The molecule has 0 aromatic rings. The van der Waals surface area contributed by atoms with Crippen molar-refractivity contribution in [3.63, 3.8) is 0 Å². The van der Waals surface area contributed by atoms with Crippen LogP contribution in [0.2, 0.25) is 0 Å². The zero-order valence-corrected chi connectivity index (χ0v) is 35.3. The fourth-order valence-electron chi connectivity index (χ4n) is 5.14. The highest BCUT2D eigenvalue weighted by molar-refractivity contribution is 7.47. The van der Waals surface area contributed by atoms with Crippen molar-refractivity contribution in [3.05, 3.63) is 85.1 Å². The Morgan fingerprint density at radius 3 is 1.42 bits per heavy atom. The second-order valence-electron chi connectivity index (χ2n) is 13.5. The first-order chi connectivity index (χ1) is 26.8. The van der Waals surface area contributed by atoms with Gasteiger partial charge in [0.25, 0.3) is 0 Å². The van der Waals surface area contributed by atoms with Gasteiger partial charge in [-0.25, -0.2) is 4.57 Å². The minimum atomic E-state index is -4.41. The molecular weight excluding hydrogens is 713 g/mol. The summed E-state index contributed by atoms with van der Waals surface area (Å²) >= 11 is 0. The van der Waals surface area contributed by atoms with Gasteiger partial charge in [0.1, 0.15) is 6.61 Å². The van der Waals surface area contributed by atoms with Gasteiger partial charge in [-0.1, -0.05) is 157 Å². The Balaban J connectivity index is 4.41. The molecule has 0 spiro atoms. The molecule has 314 valence electrons. The number of rotatable bonds is 38. The molecule has 0 radical (unpaired) electrons. The summed E-state index contributed by atoms with van der Waals surface area (Å²) < 4.78 is 32.6. The third-order valence-electron chi connectivity index (χ3n) is 8.28. The van der Waals surface area contributed by atoms with E-state index in [1.54, 1.807) is 0 Å². The smallest absolute Gasteiger partial charge is 0.462 e. The number of unbranched alkanes of at least 4 members (excludes halogenated alkanes) is 11. The number of ether oxygens (including phenoxy) is 2. The molecule has 0 amide bonds. The molecule has 0 saturated heterocycles. The van der Waals surface area contributed by atoms with Crippen molar-refractivity contribution < 1.29 is 37.6 Å². The fourth-order valence-corrected chi connectivity index (χ4v) is 5.90. The van der Waals surface area contributed by atoms with Crippen LogP contribution in [0.3, 0.4) is 0 Å². The number of esters is 2. The van der Waals surface area contributed by atoms with Crippen molar-refractivity contribution in [2.45, 2.75) is 161 Å². The van der Waals surface area contributed by atoms with E-state index in [1.807, 2.05) is 24.3 Å². The number of nitrogens with two attached hydrogens (primary N) is 1. The molecule has 0 saturated carbocycles. The Morgan fingerprint density at radius 2 is 0.945 bits per heavy atom. The lowest BCUT2D eigenvalue weighted by Crippen LogP contribution is -2.29. The van der Waals surface area contributed by atoms with E-state index in [0.29, 0.717) is 12.8 Å².